The molecule has 1 atom stereocenters. The molecule has 0 saturated carbocycles. The Kier molecular flexibility index (Phi) is 6.55. The zero-order valence-corrected chi connectivity index (χ0v) is 12.0. The number of hydrogen-bond acceptors (Lipinski definition) is 3. The van der Waals surface area contributed by atoms with Crippen LogP contribution in [-0.2, 0) is 6.54 Å². The molecule has 0 aromatic heterocycles. The van der Waals surface area contributed by atoms with E-state index in [1.807, 2.05) is 25.1 Å². The molecule has 0 radical (unpaired) electrons. The van der Waals surface area contributed by atoms with Crippen molar-refractivity contribution in [2.24, 2.45) is 0 Å². The summed E-state index contributed by atoms with van der Waals surface area (Å²) in [5.41, 5.74) is 1.10. The average Bonchev–Trinajstić information content (AvgIpc) is 2.34. The third-order valence-corrected chi connectivity index (χ3v) is 2.98. The lowest BCUT2D eigenvalue weighted by Gasteiger charge is -2.14. The van der Waals surface area contributed by atoms with Crippen LogP contribution >= 0.6 is 15.9 Å². The quantitative estimate of drug-likeness (QED) is 0.814. The Bertz CT molecular complexity index is 344. The van der Waals surface area contributed by atoms with E-state index in [1.54, 1.807) is 0 Å². The largest absolute Gasteiger partial charge is 0.491 e. The standard InChI is InChI=1S/C13H20BrNO2/c1-3-12(16)9-17-13-6-5-11(14)7-10(13)8-15-4-2/h5-7,12,15-16H,3-4,8-9H2,1-2H3. The van der Waals surface area contributed by atoms with E-state index in [9.17, 15) is 5.11 Å². The number of hydrogen-bond donors (Lipinski definition) is 2. The van der Waals surface area contributed by atoms with E-state index in [2.05, 4.69) is 28.2 Å². The van der Waals surface area contributed by atoms with Crippen LogP contribution in [0, 0.1) is 0 Å². The van der Waals surface area contributed by atoms with Gasteiger partial charge in [0.25, 0.3) is 0 Å². The van der Waals surface area contributed by atoms with Crippen LogP contribution in [0.4, 0.5) is 0 Å². The van der Waals surface area contributed by atoms with Gasteiger partial charge in [-0.3, -0.25) is 0 Å². The molecular weight excluding hydrogens is 282 g/mol. The summed E-state index contributed by atoms with van der Waals surface area (Å²) < 4.78 is 6.67. The molecule has 0 aliphatic heterocycles. The van der Waals surface area contributed by atoms with E-state index < -0.39 is 6.10 Å². The topological polar surface area (TPSA) is 41.5 Å². The summed E-state index contributed by atoms with van der Waals surface area (Å²) in [5.74, 6) is 0.835. The van der Waals surface area contributed by atoms with Crippen LogP contribution in [-0.4, -0.2) is 24.4 Å². The highest BCUT2D eigenvalue weighted by molar-refractivity contribution is 9.10. The first kappa shape index (κ1) is 14.5. The van der Waals surface area contributed by atoms with Crippen molar-refractivity contribution in [1.82, 2.24) is 5.32 Å². The Hall–Kier alpha value is -0.580. The molecule has 1 aromatic rings. The second-order valence-electron chi connectivity index (χ2n) is 3.91. The highest BCUT2D eigenvalue weighted by Gasteiger charge is 2.07. The molecule has 4 heteroatoms. The van der Waals surface area contributed by atoms with Crippen molar-refractivity contribution in [3.05, 3.63) is 28.2 Å². The molecule has 1 rings (SSSR count). The summed E-state index contributed by atoms with van der Waals surface area (Å²) in [5, 5.41) is 12.8. The third-order valence-electron chi connectivity index (χ3n) is 2.49. The minimum absolute atomic E-state index is 0.345. The number of benzene rings is 1. The maximum absolute atomic E-state index is 9.49. The van der Waals surface area contributed by atoms with Crippen molar-refractivity contribution in [3.8, 4) is 5.75 Å². The Morgan fingerprint density at radius 3 is 2.82 bits per heavy atom. The maximum Gasteiger partial charge on any atom is 0.124 e. The summed E-state index contributed by atoms with van der Waals surface area (Å²) in [4.78, 5) is 0. The average molecular weight is 302 g/mol. The van der Waals surface area contributed by atoms with Gasteiger partial charge in [-0.05, 0) is 31.2 Å². The second-order valence-corrected chi connectivity index (χ2v) is 4.82. The zero-order chi connectivity index (χ0) is 12.7. The van der Waals surface area contributed by atoms with Gasteiger partial charge in [0.1, 0.15) is 12.4 Å². The Morgan fingerprint density at radius 1 is 1.41 bits per heavy atom. The van der Waals surface area contributed by atoms with Crippen LogP contribution in [0.25, 0.3) is 0 Å². The monoisotopic (exact) mass is 301 g/mol. The summed E-state index contributed by atoms with van der Waals surface area (Å²) in [7, 11) is 0. The molecule has 1 unspecified atom stereocenters. The van der Waals surface area contributed by atoms with Gasteiger partial charge < -0.3 is 15.2 Å². The number of halogens is 1. The van der Waals surface area contributed by atoms with E-state index in [4.69, 9.17) is 4.74 Å². The molecule has 17 heavy (non-hydrogen) atoms. The van der Waals surface area contributed by atoms with Gasteiger partial charge >= 0.3 is 0 Å². The van der Waals surface area contributed by atoms with Gasteiger partial charge in [-0.25, -0.2) is 0 Å². The smallest absolute Gasteiger partial charge is 0.124 e. The molecule has 0 saturated heterocycles. The molecule has 0 spiro atoms. The lowest BCUT2D eigenvalue weighted by atomic mass is 10.2. The minimum atomic E-state index is -0.398. The molecule has 0 aliphatic carbocycles. The minimum Gasteiger partial charge on any atom is -0.491 e. The lowest BCUT2D eigenvalue weighted by molar-refractivity contribution is 0.104. The fourth-order valence-electron chi connectivity index (χ4n) is 1.39. The molecule has 0 aliphatic rings. The molecule has 0 heterocycles. The van der Waals surface area contributed by atoms with Gasteiger partial charge in [0.15, 0.2) is 0 Å². The summed E-state index contributed by atoms with van der Waals surface area (Å²) >= 11 is 3.45. The zero-order valence-electron chi connectivity index (χ0n) is 10.4. The number of ether oxygens (including phenoxy) is 1. The molecule has 2 N–H and O–H groups in total. The molecule has 0 amide bonds. The van der Waals surface area contributed by atoms with Crippen molar-refractivity contribution >= 4 is 15.9 Å². The highest BCUT2D eigenvalue weighted by atomic mass is 79.9. The first-order valence-electron chi connectivity index (χ1n) is 5.97. The lowest BCUT2D eigenvalue weighted by Crippen LogP contribution is -2.18. The Morgan fingerprint density at radius 2 is 2.18 bits per heavy atom. The predicted octanol–water partition coefficient (Wildman–Crippen LogP) is 2.71. The van der Waals surface area contributed by atoms with Crippen molar-refractivity contribution in [1.29, 1.82) is 0 Å². The number of rotatable bonds is 7. The molecule has 1 aromatic carbocycles. The van der Waals surface area contributed by atoms with E-state index in [1.165, 1.54) is 0 Å². The normalized spacial score (nSPS) is 12.5. The van der Waals surface area contributed by atoms with Crippen molar-refractivity contribution in [3.63, 3.8) is 0 Å². The number of nitrogens with one attached hydrogen (secondary N) is 1. The van der Waals surface area contributed by atoms with Gasteiger partial charge in [-0.15, -0.1) is 0 Å². The van der Waals surface area contributed by atoms with Gasteiger partial charge in [-0.2, -0.15) is 0 Å². The maximum atomic E-state index is 9.49. The fourth-order valence-corrected chi connectivity index (χ4v) is 1.80. The first-order chi connectivity index (χ1) is 8.17. The van der Waals surface area contributed by atoms with Gasteiger partial charge in [-0.1, -0.05) is 29.8 Å². The van der Waals surface area contributed by atoms with Gasteiger partial charge in [0, 0.05) is 16.6 Å². The summed E-state index contributed by atoms with van der Waals surface area (Å²) in [6.07, 6.45) is 0.310. The van der Waals surface area contributed by atoms with Crippen molar-refractivity contribution in [2.75, 3.05) is 13.2 Å². The van der Waals surface area contributed by atoms with Crippen LogP contribution in [0.3, 0.4) is 0 Å². The Balaban J connectivity index is 2.68. The summed E-state index contributed by atoms with van der Waals surface area (Å²) in [6, 6.07) is 5.92. The van der Waals surface area contributed by atoms with Crippen LogP contribution in [0.2, 0.25) is 0 Å². The van der Waals surface area contributed by atoms with Gasteiger partial charge in [0.05, 0.1) is 6.10 Å². The van der Waals surface area contributed by atoms with Crippen LogP contribution in [0.15, 0.2) is 22.7 Å². The molecule has 0 fully saturated rings. The van der Waals surface area contributed by atoms with Crippen molar-refractivity contribution < 1.29 is 9.84 Å². The van der Waals surface area contributed by atoms with Gasteiger partial charge in [0.2, 0.25) is 0 Å². The van der Waals surface area contributed by atoms with E-state index in [-0.39, 0.29) is 0 Å². The second kappa shape index (κ2) is 7.69. The van der Waals surface area contributed by atoms with E-state index >= 15 is 0 Å². The molecule has 3 nitrogen and oxygen atoms in total. The summed E-state index contributed by atoms with van der Waals surface area (Å²) in [6.45, 7) is 6.04. The number of aliphatic hydroxyl groups excluding tert-OH is 1. The van der Waals surface area contributed by atoms with E-state index in [0.29, 0.717) is 13.0 Å². The predicted molar refractivity (Wildman–Crippen MR) is 73.3 cm³/mol. The van der Waals surface area contributed by atoms with Crippen LogP contribution in [0.5, 0.6) is 5.75 Å². The third kappa shape index (κ3) is 5.06. The Labute approximate surface area is 111 Å². The molecule has 96 valence electrons. The van der Waals surface area contributed by atoms with Crippen LogP contribution < -0.4 is 10.1 Å². The molecular formula is C13H20BrNO2. The van der Waals surface area contributed by atoms with Crippen molar-refractivity contribution in [2.45, 2.75) is 32.9 Å². The SMILES string of the molecule is CCNCc1cc(Br)ccc1OCC(O)CC. The highest BCUT2D eigenvalue weighted by Crippen LogP contribution is 2.23. The molecule has 0 bridgehead atoms. The van der Waals surface area contributed by atoms with Crippen LogP contribution in [0.1, 0.15) is 25.8 Å². The number of aliphatic hydroxyl groups is 1. The fraction of sp³-hybridized carbons (Fsp3) is 0.538. The van der Waals surface area contributed by atoms with E-state index in [0.717, 1.165) is 28.9 Å². The first-order valence-corrected chi connectivity index (χ1v) is 6.76.